The zero-order chi connectivity index (χ0) is 19.6. The van der Waals surface area contributed by atoms with Crippen molar-refractivity contribution >= 4 is 27.3 Å². The average molecular weight is 406 g/mol. The van der Waals surface area contributed by atoms with E-state index in [9.17, 15) is 13.2 Å². The van der Waals surface area contributed by atoms with Crippen LogP contribution in [0.3, 0.4) is 0 Å². The summed E-state index contributed by atoms with van der Waals surface area (Å²) in [6, 6.07) is 1.59. The topological polar surface area (TPSA) is 79.4 Å². The summed E-state index contributed by atoms with van der Waals surface area (Å²) in [5.41, 5.74) is 4.51. The molecule has 1 aliphatic rings. The van der Waals surface area contributed by atoms with Crippen LogP contribution in [-0.4, -0.2) is 30.8 Å². The second-order valence-corrected chi connectivity index (χ2v) is 9.10. The van der Waals surface area contributed by atoms with Crippen LogP contribution in [-0.2, 0) is 34.3 Å². The summed E-state index contributed by atoms with van der Waals surface area (Å²) in [6.07, 6.45) is 4.30. The molecule has 0 saturated carbocycles. The van der Waals surface area contributed by atoms with E-state index in [0.717, 1.165) is 28.0 Å². The normalized spacial score (nSPS) is 14.9. The maximum atomic E-state index is 12.4. The van der Waals surface area contributed by atoms with Gasteiger partial charge in [0.2, 0.25) is 15.9 Å². The molecule has 27 heavy (non-hydrogen) atoms. The summed E-state index contributed by atoms with van der Waals surface area (Å²) < 4.78 is 27.5. The zero-order valence-corrected chi connectivity index (χ0v) is 17.3. The predicted octanol–water partition coefficient (Wildman–Crippen LogP) is 2.78. The van der Waals surface area contributed by atoms with Gasteiger partial charge < -0.3 is 4.90 Å². The molecule has 1 N–H and O–H groups in total. The Morgan fingerprint density at radius 3 is 2.89 bits per heavy atom. The molecule has 0 unspecified atom stereocenters. The first-order valence-corrected chi connectivity index (χ1v) is 11.2. The quantitative estimate of drug-likeness (QED) is 0.776. The van der Waals surface area contributed by atoms with Gasteiger partial charge in [-0.2, -0.15) is 11.3 Å². The standard InChI is InChI=1S/C19H23N3O3S2/c1-4-13(2)19(23)22-7-5-17-15(11-22)9-20-14(3)18(17)10-21-27(24,25)16-6-8-26-12-16/h4,6,8-9,12,21H,5,7,10-11H2,1-3H3/b13-4+. The fourth-order valence-corrected chi connectivity index (χ4v) is 5.18. The summed E-state index contributed by atoms with van der Waals surface area (Å²) in [6.45, 7) is 6.86. The number of amides is 1. The summed E-state index contributed by atoms with van der Waals surface area (Å²) in [7, 11) is -3.54. The summed E-state index contributed by atoms with van der Waals surface area (Å²) in [5, 5.41) is 3.35. The fourth-order valence-electron chi connectivity index (χ4n) is 3.16. The van der Waals surface area contributed by atoms with E-state index < -0.39 is 10.0 Å². The van der Waals surface area contributed by atoms with Crippen LogP contribution in [0.25, 0.3) is 0 Å². The molecule has 2 aromatic heterocycles. The minimum absolute atomic E-state index is 0.0310. The van der Waals surface area contributed by atoms with Crippen molar-refractivity contribution in [2.24, 2.45) is 0 Å². The van der Waals surface area contributed by atoms with Gasteiger partial charge in [-0.3, -0.25) is 9.78 Å². The van der Waals surface area contributed by atoms with E-state index in [-0.39, 0.29) is 17.3 Å². The van der Waals surface area contributed by atoms with Gasteiger partial charge in [-0.15, -0.1) is 0 Å². The molecule has 0 saturated heterocycles. The Hall–Kier alpha value is -2.03. The van der Waals surface area contributed by atoms with Crippen molar-refractivity contribution in [3.63, 3.8) is 0 Å². The molecule has 0 atom stereocenters. The number of nitrogens with one attached hydrogen (secondary N) is 1. The van der Waals surface area contributed by atoms with Crippen molar-refractivity contribution in [1.82, 2.24) is 14.6 Å². The molecule has 0 fully saturated rings. The van der Waals surface area contributed by atoms with Gasteiger partial charge in [0.1, 0.15) is 0 Å². The van der Waals surface area contributed by atoms with Gasteiger partial charge in [0.25, 0.3) is 0 Å². The molecule has 1 amide bonds. The smallest absolute Gasteiger partial charge is 0.249 e. The Bertz CT molecular complexity index is 980. The Kier molecular flexibility index (Phi) is 5.78. The van der Waals surface area contributed by atoms with Gasteiger partial charge >= 0.3 is 0 Å². The molecule has 8 heteroatoms. The van der Waals surface area contributed by atoms with Crippen LogP contribution in [0.5, 0.6) is 0 Å². The van der Waals surface area contributed by atoms with Crippen LogP contribution >= 0.6 is 11.3 Å². The Labute approximate surface area is 164 Å². The van der Waals surface area contributed by atoms with E-state index >= 15 is 0 Å². The lowest BCUT2D eigenvalue weighted by molar-refractivity contribution is -0.128. The highest BCUT2D eigenvalue weighted by molar-refractivity contribution is 7.89. The van der Waals surface area contributed by atoms with Crippen LogP contribution in [0, 0.1) is 6.92 Å². The number of carbonyl (C=O) groups is 1. The number of carbonyl (C=O) groups excluding carboxylic acids is 1. The molecule has 3 rings (SSSR count). The van der Waals surface area contributed by atoms with Crippen molar-refractivity contribution in [3.8, 4) is 0 Å². The molecule has 0 bridgehead atoms. The lowest BCUT2D eigenvalue weighted by Crippen LogP contribution is -2.37. The molecule has 0 radical (unpaired) electrons. The number of hydrogen-bond donors (Lipinski definition) is 1. The lowest BCUT2D eigenvalue weighted by atomic mass is 9.94. The number of rotatable bonds is 5. The third-order valence-corrected chi connectivity index (χ3v) is 7.13. The first kappa shape index (κ1) is 19.7. The third kappa shape index (κ3) is 4.12. The Morgan fingerprint density at radius 1 is 1.44 bits per heavy atom. The molecule has 144 valence electrons. The highest BCUT2D eigenvalue weighted by Gasteiger charge is 2.25. The van der Waals surface area contributed by atoms with Gasteiger partial charge in [-0.1, -0.05) is 6.08 Å². The van der Waals surface area contributed by atoms with Crippen LogP contribution in [0.2, 0.25) is 0 Å². The molecule has 0 aromatic carbocycles. The molecule has 2 aromatic rings. The first-order valence-electron chi connectivity index (χ1n) is 8.73. The van der Waals surface area contributed by atoms with E-state index in [1.165, 1.54) is 11.3 Å². The molecular weight excluding hydrogens is 382 g/mol. The van der Waals surface area contributed by atoms with Crippen molar-refractivity contribution in [2.45, 2.75) is 45.2 Å². The largest absolute Gasteiger partial charge is 0.334 e. The summed E-state index contributed by atoms with van der Waals surface area (Å²) >= 11 is 1.35. The number of aryl methyl sites for hydroxylation is 1. The van der Waals surface area contributed by atoms with Crippen molar-refractivity contribution in [1.29, 1.82) is 0 Å². The SMILES string of the molecule is C/C=C(\C)C(=O)N1CCc2c(cnc(C)c2CNS(=O)(=O)c2ccsc2)C1. The van der Waals surface area contributed by atoms with Crippen LogP contribution < -0.4 is 4.72 Å². The Balaban J connectivity index is 1.82. The number of thiophene rings is 1. The second-order valence-electron chi connectivity index (χ2n) is 6.56. The number of allylic oxidation sites excluding steroid dienone is 1. The average Bonchev–Trinajstić information content (AvgIpc) is 3.21. The number of fused-ring (bicyclic) bond motifs is 1. The molecular formula is C19H23N3O3S2. The van der Waals surface area contributed by atoms with Gasteiger partial charge in [-0.25, -0.2) is 13.1 Å². The number of nitrogens with zero attached hydrogens (tertiary/aromatic N) is 2. The lowest BCUT2D eigenvalue weighted by Gasteiger charge is -2.30. The number of pyridine rings is 1. The second kappa shape index (κ2) is 7.92. The minimum atomic E-state index is -3.54. The Morgan fingerprint density at radius 2 is 2.22 bits per heavy atom. The van der Waals surface area contributed by atoms with Gasteiger partial charge in [0, 0.05) is 42.5 Å². The van der Waals surface area contributed by atoms with Gasteiger partial charge in [0.15, 0.2) is 0 Å². The van der Waals surface area contributed by atoms with Gasteiger partial charge in [-0.05, 0) is 55.3 Å². The highest BCUT2D eigenvalue weighted by Crippen LogP contribution is 2.25. The summed E-state index contributed by atoms with van der Waals surface area (Å²) in [5.74, 6) is 0.0310. The van der Waals surface area contributed by atoms with Crippen molar-refractivity contribution in [2.75, 3.05) is 6.54 Å². The van der Waals surface area contributed by atoms with E-state index in [2.05, 4.69) is 9.71 Å². The van der Waals surface area contributed by atoms with Crippen LogP contribution in [0.15, 0.2) is 39.6 Å². The number of aromatic nitrogens is 1. The molecule has 3 heterocycles. The molecule has 6 nitrogen and oxygen atoms in total. The molecule has 0 spiro atoms. The maximum absolute atomic E-state index is 12.4. The monoisotopic (exact) mass is 405 g/mol. The number of sulfonamides is 1. The van der Waals surface area contributed by atoms with E-state index in [4.69, 9.17) is 0 Å². The van der Waals surface area contributed by atoms with Crippen LogP contribution in [0.1, 0.15) is 36.2 Å². The van der Waals surface area contributed by atoms with Crippen molar-refractivity contribution < 1.29 is 13.2 Å². The zero-order valence-electron chi connectivity index (χ0n) is 15.7. The third-order valence-electron chi connectivity index (χ3n) is 4.90. The number of hydrogen-bond acceptors (Lipinski definition) is 5. The van der Waals surface area contributed by atoms with Crippen molar-refractivity contribution in [3.05, 3.63) is 57.1 Å². The summed E-state index contributed by atoms with van der Waals surface area (Å²) in [4.78, 5) is 18.9. The highest BCUT2D eigenvalue weighted by atomic mass is 32.2. The molecule has 1 aliphatic heterocycles. The molecule has 0 aliphatic carbocycles. The van der Waals surface area contributed by atoms with E-state index in [1.807, 2.05) is 31.7 Å². The van der Waals surface area contributed by atoms with Crippen LogP contribution in [0.4, 0.5) is 0 Å². The van der Waals surface area contributed by atoms with E-state index in [1.54, 1.807) is 23.0 Å². The first-order chi connectivity index (χ1) is 12.8. The fraction of sp³-hybridized carbons (Fsp3) is 0.368. The van der Waals surface area contributed by atoms with E-state index in [0.29, 0.717) is 19.5 Å². The minimum Gasteiger partial charge on any atom is -0.334 e. The maximum Gasteiger partial charge on any atom is 0.249 e. The predicted molar refractivity (Wildman–Crippen MR) is 106 cm³/mol. The van der Waals surface area contributed by atoms with Gasteiger partial charge in [0.05, 0.1) is 4.90 Å².